The van der Waals surface area contributed by atoms with Gasteiger partial charge in [0.25, 0.3) is 5.69 Å². The Morgan fingerprint density at radius 2 is 2.18 bits per heavy atom. The number of ether oxygens (including phenoxy) is 2. The van der Waals surface area contributed by atoms with Gasteiger partial charge in [-0.3, -0.25) is 10.1 Å². The Morgan fingerprint density at radius 1 is 1.47 bits per heavy atom. The van der Waals surface area contributed by atoms with E-state index < -0.39 is 4.92 Å². The molecule has 1 rings (SSSR count). The van der Waals surface area contributed by atoms with E-state index in [0.29, 0.717) is 11.4 Å². The summed E-state index contributed by atoms with van der Waals surface area (Å²) >= 11 is 0. The molecule has 6 heteroatoms. The molecule has 0 fully saturated rings. The molecule has 0 atom stereocenters. The van der Waals surface area contributed by atoms with E-state index in [1.54, 1.807) is 6.07 Å². The van der Waals surface area contributed by atoms with Crippen molar-refractivity contribution in [3.63, 3.8) is 0 Å². The molecule has 0 saturated carbocycles. The molecule has 0 unspecified atom stereocenters. The summed E-state index contributed by atoms with van der Waals surface area (Å²) in [5.41, 5.74) is 0.702. The summed E-state index contributed by atoms with van der Waals surface area (Å²) in [6, 6.07) is 4.65. The van der Waals surface area contributed by atoms with Crippen LogP contribution in [0.25, 0.3) is 0 Å². The fourth-order valence-electron chi connectivity index (χ4n) is 1.30. The molecular formula is C11H16N2O4. The topological polar surface area (TPSA) is 73.6 Å². The van der Waals surface area contributed by atoms with Crippen LogP contribution in [0.2, 0.25) is 0 Å². The maximum Gasteiger partial charge on any atom is 0.273 e. The fraction of sp³-hybridized carbons (Fsp3) is 0.455. The van der Waals surface area contributed by atoms with Gasteiger partial charge in [0.2, 0.25) is 0 Å². The van der Waals surface area contributed by atoms with Gasteiger partial charge in [-0.1, -0.05) is 0 Å². The summed E-state index contributed by atoms with van der Waals surface area (Å²) in [5.74, 6) is 0.412. The summed E-state index contributed by atoms with van der Waals surface area (Å²) in [7, 11) is 1.49. The highest BCUT2D eigenvalue weighted by Crippen LogP contribution is 2.29. The van der Waals surface area contributed by atoms with E-state index in [4.69, 9.17) is 9.47 Å². The second-order valence-electron chi connectivity index (χ2n) is 3.79. The highest BCUT2D eigenvalue weighted by molar-refractivity contribution is 5.61. The van der Waals surface area contributed by atoms with Crippen molar-refractivity contribution in [1.29, 1.82) is 0 Å². The maximum atomic E-state index is 10.7. The quantitative estimate of drug-likeness (QED) is 0.469. The zero-order valence-electron chi connectivity index (χ0n) is 10.1. The number of hydrogen-bond acceptors (Lipinski definition) is 5. The van der Waals surface area contributed by atoms with E-state index in [1.807, 2.05) is 13.8 Å². The molecule has 6 nitrogen and oxygen atoms in total. The van der Waals surface area contributed by atoms with Crippen LogP contribution in [0.15, 0.2) is 18.2 Å². The van der Waals surface area contributed by atoms with Crippen molar-refractivity contribution < 1.29 is 14.4 Å². The number of nitrogens with zero attached hydrogens (tertiary/aromatic N) is 1. The van der Waals surface area contributed by atoms with Gasteiger partial charge < -0.3 is 14.8 Å². The molecule has 0 saturated heterocycles. The zero-order valence-corrected chi connectivity index (χ0v) is 10.1. The molecule has 0 radical (unpaired) electrons. The third kappa shape index (κ3) is 3.92. The SMILES string of the molecule is COCOc1cc([N+](=O)[O-])ccc1NC(C)C. The number of non-ortho nitro benzene ring substituents is 1. The molecule has 0 aromatic heterocycles. The van der Waals surface area contributed by atoms with E-state index in [-0.39, 0.29) is 18.5 Å². The molecule has 1 aromatic carbocycles. The highest BCUT2D eigenvalue weighted by atomic mass is 16.7. The van der Waals surface area contributed by atoms with E-state index in [2.05, 4.69) is 5.32 Å². The number of hydrogen-bond donors (Lipinski definition) is 1. The van der Waals surface area contributed by atoms with Crippen LogP contribution in [0.1, 0.15) is 13.8 Å². The molecular weight excluding hydrogens is 224 g/mol. The van der Waals surface area contributed by atoms with Gasteiger partial charge in [0.1, 0.15) is 0 Å². The molecule has 0 amide bonds. The highest BCUT2D eigenvalue weighted by Gasteiger charge is 2.12. The number of anilines is 1. The average Bonchev–Trinajstić information content (AvgIpc) is 2.26. The van der Waals surface area contributed by atoms with Gasteiger partial charge in [-0.15, -0.1) is 0 Å². The second-order valence-corrected chi connectivity index (χ2v) is 3.79. The number of nitrogens with one attached hydrogen (secondary N) is 1. The third-order valence-corrected chi connectivity index (χ3v) is 1.95. The molecule has 1 aromatic rings. The Morgan fingerprint density at radius 3 is 2.71 bits per heavy atom. The molecule has 17 heavy (non-hydrogen) atoms. The standard InChI is InChI=1S/C11H16N2O4/c1-8(2)12-10-5-4-9(13(14)15)6-11(10)17-7-16-3/h4-6,8,12H,7H2,1-3H3. The lowest BCUT2D eigenvalue weighted by Crippen LogP contribution is -2.11. The molecule has 0 aliphatic carbocycles. The summed E-state index contributed by atoms with van der Waals surface area (Å²) in [4.78, 5) is 10.2. The molecule has 94 valence electrons. The predicted molar refractivity (Wildman–Crippen MR) is 64.4 cm³/mol. The first-order valence-corrected chi connectivity index (χ1v) is 5.21. The average molecular weight is 240 g/mol. The van der Waals surface area contributed by atoms with E-state index in [0.717, 1.165) is 0 Å². The van der Waals surface area contributed by atoms with Crippen LogP contribution in [0.5, 0.6) is 5.75 Å². The van der Waals surface area contributed by atoms with Crippen LogP contribution >= 0.6 is 0 Å². The van der Waals surface area contributed by atoms with Crippen molar-refractivity contribution in [3.8, 4) is 5.75 Å². The minimum absolute atomic E-state index is 0.00888. The van der Waals surface area contributed by atoms with Crippen LogP contribution < -0.4 is 10.1 Å². The number of nitro groups is 1. The van der Waals surface area contributed by atoms with Crippen molar-refractivity contribution in [2.75, 3.05) is 19.2 Å². The lowest BCUT2D eigenvalue weighted by molar-refractivity contribution is -0.384. The zero-order chi connectivity index (χ0) is 12.8. The van der Waals surface area contributed by atoms with E-state index in [1.165, 1.54) is 19.2 Å². The summed E-state index contributed by atoms with van der Waals surface area (Å²) < 4.78 is 10.1. The summed E-state index contributed by atoms with van der Waals surface area (Å²) in [5, 5.41) is 13.8. The van der Waals surface area contributed by atoms with Crippen LogP contribution in [0.4, 0.5) is 11.4 Å². The van der Waals surface area contributed by atoms with Crippen LogP contribution in [-0.2, 0) is 4.74 Å². The predicted octanol–water partition coefficient (Wildman–Crippen LogP) is 2.40. The van der Waals surface area contributed by atoms with Gasteiger partial charge in [-0.25, -0.2) is 0 Å². The Kier molecular flexibility index (Phi) is 4.71. The first kappa shape index (κ1) is 13.2. The van der Waals surface area contributed by atoms with Crippen LogP contribution in [0.3, 0.4) is 0 Å². The van der Waals surface area contributed by atoms with Gasteiger partial charge in [0.15, 0.2) is 12.5 Å². The molecule has 0 heterocycles. The number of nitro benzene ring substituents is 1. The maximum absolute atomic E-state index is 10.7. The summed E-state index contributed by atoms with van der Waals surface area (Å²) in [6.07, 6.45) is 0. The van der Waals surface area contributed by atoms with Gasteiger partial charge in [0, 0.05) is 19.2 Å². The first-order chi connectivity index (χ1) is 8.04. The van der Waals surface area contributed by atoms with Crippen LogP contribution in [-0.4, -0.2) is 24.9 Å². The van der Waals surface area contributed by atoms with Crippen molar-refractivity contribution >= 4 is 11.4 Å². The summed E-state index contributed by atoms with van der Waals surface area (Å²) in [6.45, 7) is 4.00. The molecule has 0 bridgehead atoms. The monoisotopic (exact) mass is 240 g/mol. The molecule has 0 aliphatic rings. The van der Waals surface area contributed by atoms with Crippen molar-refractivity contribution in [1.82, 2.24) is 0 Å². The van der Waals surface area contributed by atoms with Gasteiger partial charge in [-0.2, -0.15) is 0 Å². The fourth-order valence-corrected chi connectivity index (χ4v) is 1.30. The van der Waals surface area contributed by atoms with E-state index in [9.17, 15) is 10.1 Å². The van der Waals surface area contributed by atoms with Crippen molar-refractivity contribution in [2.45, 2.75) is 19.9 Å². The Bertz CT molecular complexity index is 393. The number of rotatable bonds is 6. The Labute approximate surface area is 99.7 Å². The Balaban J connectivity index is 2.98. The van der Waals surface area contributed by atoms with Crippen molar-refractivity contribution in [2.24, 2.45) is 0 Å². The van der Waals surface area contributed by atoms with Gasteiger partial charge >= 0.3 is 0 Å². The molecule has 0 aliphatic heterocycles. The molecule has 1 N–H and O–H groups in total. The minimum atomic E-state index is -0.460. The minimum Gasteiger partial charge on any atom is -0.465 e. The number of methoxy groups -OCH3 is 1. The number of benzene rings is 1. The van der Waals surface area contributed by atoms with Crippen molar-refractivity contribution in [3.05, 3.63) is 28.3 Å². The Hall–Kier alpha value is -1.82. The smallest absolute Gasteiger partial charge is 0.273 e. The van der Waals surface area contributed by atoms with Crippen LogP contribution in [0, 0.1) is 10.1 Å². The third-order valence-electron chi connectivity index (χ3n) is 1.95. The molecule has 0 spiro atoms. The second kappa shape index (κ2) is 6.05. The lowest BCUT2D eigenvalue weighted by Gasteiger charge is -2.14. The van der Waals surface area contributed by atoms with Gasteiger partial charge in [-0.05, 0) is 19.9 Å². The largest absolute Gasteiger partial charge is 0.465 e. The normalized spacial score (nSPS) is 10.4. The first-order valence-electron chi connectivity index (χ1n) is 5.21. The van der Waals surface area contributed by atoms with Gasteiger partial charge in [0.05, 0.1) is 16.7 Å². The van der Waals surface area contributed by atoms with E-state index >= 15 is 0 Å². The lowest BCUT2D eigenvalue weighted by atomic mass is 10.2.